The minimum absolute atomic E-state index is 0.372. The number of carboxylic acid groups (broad SMARTS) is 1. The summed E-state index contributed by atoms with van der Waals surface area (Å²) in [7, 11) is 0. The second kappa shape index (κ2) is 5.41. The maximum Gasteiger partial charge on any atom is 0.314 e. The van der Waals surface area contributed by atoms with Gasteiger partial charge in [0.25, 0.3) is 0 Å². The van der Waals surface area contributed by atoms with E-state index >= 15 is 0 Å². The molecular formula is C15H14ClNO2. The number of hydrogen-bond acceptors (Lipinski definition) is 2. The Morgan fingerprint density at radius 3 is 2.74 bits per heavy atom. The van der Waals surface area contributed by atoms with E-state index in [4.69, 9.17) is 11.6 Å². The molecule has 0 aliphatic rings. The molecule has 98 valence electrons. The van der Waals surface area contributed by atoms with Crippen molar-refractivity contribution in [3.05, 3.63) is 64.9 Å². The van der Waals surface area contributed by atoms with Crippen molar-refractivity contribution in [2.75, 3.05) is 0 Å². The summed E-state index contributed by atoms with van der Waals surface area (Å²) in [5.74, 6) is -0.876. The van der Waals surface area contributed by atoms with Crippen LogP contribution in [0.4, 0.5) is 0 Å². The van der Waals surface area contributed by atoms with Crippen molar-refractivity contribution in [3.8, 4) is 0 Å². The number of aromatic nitrogens is 1. The van der Waals surface area contributed by atoms with Gasteiger partial charge in [-0.2, -0.15) is 0 Å². The molecule has 0 saturated heterocycles. The van der Waals surface area contributed by atoms with Crippen LogP contribution < -0.4 is 0 Å². The van der Waals surface area contributed by atoms with Gasteiger partial charge < -0.3 is 5.11 Å². The summed E-state index contributed by atoms with van der Waals surface area (Å²) in [5.41, 5.74) is 0.553. The van der Waals surface area contributed by atoms with Crippen LogP contribution in [-0.4, -0.2) is 16.1 Å². The Labute approximate surface area is 116 Å². The van der Waals surface area contributed by atoms with E-state index in [2.05, 4.69) is 4.98 Å². The van der Waals surface area contributed by atoms with Crippen LogP contribution in [0.5, 0.6) is 0 Å². The standard InChI is InChI=1S/C15H14ClNO2/c1-15(14(18)19,9-11-4-3-7-17-10-11)12-5-2-6-13(16)8-12/h2-8,10H,9H2,1H3,(H,18,19). The molecule has 0 bridgehead atoms. The van der Waals surface area contributed by atoms with E-state index in [1.54, 1.807) is 49.6 Å². The molecule has 0 fully saturated rings. The molecule has 2 rings (SSSR count). The lowest BCUT2D eigenvalue weighted by molar-refractivity contribution is -0.143. The summed E-state index contributed by atoms with van der Waals surface area (Å²) < 4.78 is 0. The van der Waals surface area contributed by atoms with E-state index in [9.17, 15) is 9.90 Å². The van der Waals surface area contributed by atoms with Crippen molar-refractivity contribution in [1.82, 2.24) is 4.98 Å². The van der Waals surface area contributed by atoms with Crippen molar-refractivity contribution in [2.45, 2.75) is 18.8 Å². The molecule has 1 atom stereocenters. The molecule has 0 amide bonds. The predicted molar refractivity (Wildman–Crippen MR) is 74.4 cm³/mol. The highest BCUT2D eigenvalue weighted by atomic mass is 35.5. The highest BCUT2D eigenvalue weighted by molar-refractivity contribution is 6.30. The van der Waals surface area contributed by atoms with Crippen molar-refractivity contribution in [1.29, 1.82) is 0 Å². The van der Waals surface area contributed by atoms with Gasteiger partial charge in [0, 0.05) is 17.4 Å². The Morgan fingerprint density at radius 2 is 2.16 bits per heavy atom. The Hall–Kier alpha value is -1.87. The zero-order chi connectivity index (χ0) is 13.9. The minimum Gasteiger partial charge on any atom is -0.481 e. The van der Waals surface area contributed by atoms with Gasteiger partial charge in [-0.05, 0) is 42.7 Å². The third-order valence-electron chi connectivity index (χ3n) is 3.21. The molecule has 0 radical (unpaired) electrons. The van der Waals surface area contributed by atoms with E-state index in [1.807, 2.05) is 6.07 Å². The molecule has 2 aromatic rings. The van der Waals surface area contributed by atoms with Gasteiger partial charge in [0.05, 0.1) is 5.41 Å². The Kier molecular flexibility index (Phi) is 3.86. The van der Waals surface area contributed by atoms with Crippen LogP contribution in [0.15, 0.2) is 48.8 Å². The number of pyridine rings is 1. The molecule has 1 N–H and O–H groups in total. The molecule has 1 aromatic heterocycles. The second-order valence-electron chi connectivity index (χ2n) is 4.69. The summed E-state index contributed by atoms with van der Waals surface area (Å²) in [4.78, 5) is 15.7. The molecule has 19 heavy (non-hydrogen) atoms. The predicted octanol–water partition coefficient (Wildman–Crippen LogP) is 3.32. The van der Waals surface area contributed by atoms with Gasteiger partial charge in [-0.3, -0.25) is 9.78 Å². The lowest BCUT2D eigenvalue weighted by Crippen LogP contribution is -2.34. The van der Waals surface area contributed by atoms with E-state index in [0.717, 1.165) is 5.56 Å². The number of carboxylic acids is 1. The van der Waals surface area contributed by atoms with Crippen LogP contribution >= 0.6 is 11.6 Å². The first-order chi connectivity index (χ1) is 9.02. The molecule has 0 aliphatic carbocycles. The molecular weight excluding hydrogens is 262 g/mol. The number of hydrogen-bond donors (Lipinski definition) is 1. The highest BCUT2D eigenvalue weighted by Crippen LogP contribution is 2.30. The number of aliphatic carboxylic acids is 1. The average molecular weight is 276 g/mol. The monoisotopic (exact) mass is 275 g/mol. The van der Waals surface area contributed by atoms with Crippen LogP contribution in [0.25, 0.3) is 0 Å². The summed E-state index contributed by atoms with van der Waals surface area (Å²) in [6.07, 6.45) is 3.73. The lowest BCUT2D eigenvalue weighted by atomic mass is 9.77. The second-order valence-corrected chi connectivity index (χ2v) is 5.12. The third kappa shape index (κ3) is 2.93. The smallest absolute Gasteiger partial charge is 0.314 e. The van der Waals surface area contributed by atoms with Gasteiger partial charge in [-0.25, -0.2) is 0 Å². The first kappa shape index (κ1) is 13.6. The van der Waals surface area contributed by atoms with Gasteiger partial charge in [0.15, 0.2) is 0 Å². The van der Waals surface area contributed by atoms with E-state index in [0.29, 0.717) is 17.0 Å². The number of halogens is 1. The van der Waals surface area contributed by atoms with E-state index in [1.165, 1.54) is 0 Å². The zero-order valence-electron chi connectivity index (χ0n) is 10.5. The summed E-state index contributed by atoms with van der Waals surface area (Å²) in [5, 5.41) is 10.1. The number of nitrogens with zero attached hydrogens (tertiary/aromatic N) is 1. The highest BCUT2D eigenvalue weighted by Gasteiger charge is 2.35. The largest absolute Gasteiger partial charge is 0.481 e. The lowest BCUT2D eigenvalue weighted by Gasteiger charge is -2.25. The number of carbonyl (C=O) groups is 1. The van der Waals surface area contributed by atoms with Gasteiger partial charge >= 0.3 is 5.97 Å². The fraction of sp³-hybridized carbons (Fsp3) is 0.200. The van der Waals surface area contributed by atoms with Crippen LogP contribution in [0.2, 0.25) is 5.02 Å². The van der Waals surface area contributed by atoms with Crippen molar-refractivity contribution in [2.24, 2.45) is 0 Å². The molecule has 3 nitrogen and oxygen atoms in total. The first-order valence-electron chi connectivity index (χ1n) is 5.91. The average Bonchev–Trinajstić information content (AvgIpc) is 2.39. The van der Waals surface area contributed by atoms with Crippen LogP contribution in [0.1, 0.15) is 18.1 Å². The van der Waals surface area contributed by atoms with E-state index in [-0.39, 0.29) is 0 Å². The molecule has 1 aromatic carbocycles. The van der Waals surface area contributed by atoms with Gasteiger partial charge in [-0.15, -0.1) is 0 Å². The minimum atomic E-state index is -1.02. The number of benzene rings is 1. The number of rotatable bonds is 4. The van der Waals surface area contributed by atoms with Crippen LogP contribution in [-0.2, 0) is 16.6 Å². The van der Waals surface area contributed by atoms with Crippen molar-refractivity contribution < 1.29 is 9.90 Å². The van der Waals surface area contributed by atoms with Crippen molar-refractivity contribution in [3.63, 3.8) is 0 Å². The normalized spacial score (nSPS) is 13.8. The Balaban J connectivity index is 2.41. The molecule has 0 aliphatic heterocycles. The Morgan fingerprint density at radius 1 is 1.37 bits per heavy atom. The molecule has 0 spiro atoms. The van der Waals surface area contributed by atoms with Crippen LogP contribution in [0, 0.1) is 0 Å². The molecule has 0 saturated carbocycles. The van der Waals surface area contributed by atoms with Gasteiger partial charge in [0.2, 0.25) is 0 Å². The maximum atomic E-state index is 11.7. The topological polar surface area (TPSA) is 50.2 Å². The Bertz CT molecular complexity index is 586. The molecule has 1 unspecified atom stereocenters. The van der Waals surface area contributed by atoms with E-state index < -0.39 is 11.4 Å². The maximum absolute atomic E-state index is 11.7. The fourth-order valence-electron chi connectivity index (χ4n) is 2.04. The first-order valence-corrected chi connectivity index (χ1v) is 6.28. The molecule has 4 heteroatoms. The van der Waals surface area contributed by atoms with Gasteiger partial charge in [0.1, 0.15) is 0 Å². The fourth-order valence-corrected chi connectivity index (χ4v) is 2.23. The summed E-state index contributed by atoms with van der Waals surface area (Å²) in [6, 6.07) is 10.7. The van der Waals surface area contributed by atoms with Crippen LogP contribution in [0.3, 0.4) is 0 Å². The summed E-state index contributed by atoms with van der Waals surface area (Å²) in [6.45, 7) is 1.70. The SMILES string of the molecule is CC(Cc1cccnc1)(C(=O)O)c1cccc(Cl)c1. The third-order valence-corrected chi connectivity index (χ3v) is 3.45. The zero-order valence-corrected chi connectivity index (χ0v) is 11.3. The molecule has 1 heterocycles. The van der Waals surface area contributed by atoms with Gasteiger partial charge in [-0.1, -0.05) is 29.8 Å². The quantitative estimate of drug-likeness (QED) is 0.931. The van der Waals surface area contributed by atoms with Crippen molar-refractivity contribution >= 4 is 17.6 Å². The summed E-state index contributed by atoms with van der Waals surface area (Å²) >= 11 is 5.95.